The molecule has 5 rings (SSSR count). The molecule has 0 bridgehead atoms. The number of nitrogens with zero attached hydrogens (tertiary/aromatic N) is 1. The van der Waals surface area contributed by atoms with E-state index in [4.69, 9.17) is 9.47 Å². The van der Waals surface area contributed by atoms with E-state index in [9.17, 15) is 14.3 Å². The number of hydrogen-bond donors (Lipinski definition) is 0. The molecule has 1 aliphatic heterocycles. The number of benzene rings is 4. The van der Waals surface area contributed by atoms with Crippen molar-refractivity contribution in [3.05, 3.63) is 114 Å². The molecule has 0 spiro atoms. The summed E-state index contributed by atoms with van der Waals surface area (Å²) in [6, 6.07) is 28.5. The fourth-order valence-electron chi connectivity index (χ4n) is 4.85. The number of hydrogen-bond acceptors (Lipinski definition) is 4. The number of halogens is 1. The van der Waals surface area contributed by atoms with E-state index in [-0.39, 0.29) is 24.9 Å². The third-order valence-corrected chi connectivity index (χ3v) is 6.68. The van der Waals surface area contributed by atoms with Crippen molar-refractivity contribution in [3.8, 4) is 5.75 Å². The van der Waals surface area contributed by atoms with Crippen molar-refractivity contribution in [2.45, 2.75) is 31.7 Å². The van der Waals surface area contributed by atoms with Crippen LogP contribution >= 0.6 is 0 Å². The van der Waals surface area contributed by atoms with Crippen LogP contribution in [0.25, 0.3) is 10.8 Å². The van der Waals surface area contributed by atoms with Gasteiger partial charge in [-0.15, -0.1) is 0 Å². The lowest BCUT2D eigenvalue weighted by atomic mass is 9.87. The van der Waals surface area contributed by atoms with Crippen LogP contribution in [0.4, 0.5) is 9.18 Å². The van der Waals surface area contributed by atoms with Gasteiger partial charge >= 0.3 is 0 Å². The molecule has 0 aromatic heterocycles. The number of fused-ring (bicyclic) bond motifs is 1. The number of ether oxygens (including phenoxy) is 2. The minimum atomic E-state index is -1.22. The maximum atomic E-state index is 13.9. The molecule has 0 radical (unpaired) electrons. The van der Waals surface area contributed by atoms with Gasteiger partial charge < -0.3 is 24.3 Å². The first-order valence-corrected chi connectivity index (χ1v) is 12.1. The van der Waals surface area contributed by atoms with Crippen LogP contribution in [0.15, 0.2) is 91.0 Å². The van der Waals surface area contributed by atoms with E-state index in [1.165, 1.54) is 17.0 Å². The zero-order valence-electron chi connectivity index (χ0n) is 19.8. The molecule has 5 nitrogen and oxygen atoms in total. The molecule has 1 amide bonds. The SMILES string of the molecule is O=C([O-])N1CCC(c2cccc(F)c2)C(OCc2cc(OCc3ccccc3)c3ccccc3c2)C1. The predicted octanol–water partition coefficient (Wildman–Crippen LogP) is 5.28. The second-order valence-electron chi connectivity index (χ2n) is 9.10. The largest absolute Gasteiger partial charge is 0.530 e. The molecule has 2 unspecified atom stereocenters. The Hall–Kier alpha value is -3.90. The maximum absolute atomic E-state index is 13.9. The Labute approximate surface area is 209 Å². The van der Waals surface area contributed by atoms with Gasteiger partial charge in [0, 0.05) is 24.4 Å². The van der Waals surface area contributed by atoms with Crippen LogP contribution in [0.5, 0.6) is 5.75 Å². The second-order valence-corrected chi connectivity index (χ2v) is 9.10. The Morgan fingerprint density at radius 2 is 1.72 bits per heavy atom. The van der Waals surface area contributed by atoms with E-state index >= 15 is 0 Å². The molecule has 1 heterocycles. The molecule has 1 saturated heterocycles. The van der Waals surface area contributed by atoms with Gasteiger partial charge in [-0.3, -0.25) is 0 Å². The van der Waals surface area contributed by atoms with Crippen molar-refractivity contribution in [1.29, 1.82) is 0 Å². The molecule has 4 aromatic rings. The molecular formula is C30H27FNO4-. The van der Waals surface area contributed by atoms with E-state index in [0.29, 0.717) is 19.6 Å². The molecule has 4 aromatic carbocycles. The summed E-state index contributed by atoms with van der Waals surface area (Å²) < 4.78 is 26.4. The summed E-state index contributed by atoms with van der Waals surface area (Å²) in [5.74, 6) is 0.325. The summed E-state index contributed by atoms with van der Waals surface area (Å²) in [6.07, 6.45) is -1.12. The second kappa shape index (κ2) is 10.8. The van der Waals surface area contributed by atoms with E-state index < -0.39 is 12.2 Å². The summed E-state index contributed by atoms with van der Waals surface area (Å²) in [5, 5.41) is 13.6. The summed E-state index contributed by atoms with van der Waals surface area (Å²) in [4.78, 5) is 12.8. The van der Waals surface area contributed by atoms with Crippen LogP contribution in [-0.4, -0.2) is 30.2 Å². The van der Waals surface area contributed by atoms with Gasteiger partial charge in [0.05, 0.1) is 12.7 Å². The lowest BCUT2D eigenvalue weighted by molar-refractivity contribution is -0.268. The summed E-state index contributed by atoms with van der Waals surface area (Å²) in [5.41, 5.74) is 2.80. The summed E-state index contributed by atoms with van der Waals surface area (Å²) in [7, 11) is 0. The molecule has 36 heavy (non-hydrogen) atoms. The summed E-state index contributed by atoms with van der Waals surface area (Å²) in [6.45, 7) is 1.22. The fraction of sp³-hybridized carbons (Fsp3) is 0.233. The first-order valence-electron chi connectivity index (χ1n) is 12.1. The summed E-state index contributed by atoms with van der Waals surface area (Å²) >= 11 is 0. The predicted molar refractivity (Wildman–Crippen MR) is 134 cm³/mol. The molecule has 6 heteroatoms. The van der Waals surface area contributed by atoms with Gasteiger partial charge in [0.1, 0.15) is 24.3 Å². The highest BCUT2D eigenvalue weighted by molar-refractivity contribution is 5.89. The number of likely N-dealkylation sites (tertiary alicyclic amines) is 1. The van der Waals surface area contributed by atoms with Crippen molar-refractivity contribution in [2.75, 3.05) is 13.1 Å². The minimum Gasteiger partial charge on any atom is -0.530 e. The van der Waals surface area contributed by atoms with E-state index in [1.54, 1.807) is 6.07 Å². The van der Waals surface area contributed by atoms with Gasteiger partial charge in [-0.25, -0.2) is 4.39 Å². The van der Waals surface area contributed by atoms with Crippen LogP contribution in [0.1, 0.15) is 29.0 Å². The Balaban J connectivity index is 1.38. The van der Waals surface area contributed by atoms with Gasteiger partial charge in [-0.05, 0) is 52.8 Å². The van der Waals surface area contributed by atoms with Gasteiger partial charge in [0.15, 0.2) is 0 Å². The smallest absolute Gasteiger partial charge is 0.137 e. The maximum Gasteiger partial charge on any atom is 0.137 e. The first-order chi connectivity index (χ1) is 17.6. The minimum absolute atomic E-state index is 0.120. The fourth-order valence-corrected chi connectivity index (χ4v) is 4.85. The number of piperidine rings is 1. The van der Waals surface area contributed by atoms with Crippen molar-refractivity contribution in [1.82, 2.24) is 4.90 Å². The lowest BCUT2D eigenvalue weighted by Crippen LogP contribution is -2.51. The van der Waals surface area contributed by atoms with Crippen LogP contribution in [0.3, 0.4) is 0 Å². The zero-order chi connectivity index (χ0) is 24.9. The zero-order valence-corrected chi connectivity index (χ0v) is 19.8. The van der Waals surface area contributed by atoms with E-state index in [1.807, 2.05) is 66.7 Å². The number of carbonyl (C=O) groups excluding carboxylic acids is 1. The molecule has 2 atom stereocenters. The molecule has 1 aliphatic rings. The Bertz CT molecular complexity index is 1340. The third-order valence-electron chi connectivity index (χ3n) is 6.68. The lowest BCUT2D eigenvalue weighted by Gasteiger charge is -2.40. The molecule has 0 N–H and O–H groups in total. The number of carbonyl (C=O) groups is 1. The monoisotopic (exact) mass is 484 g/mol. The normalized spacial score (nSPS) is 17.8. The van der Waals surface area contributed by atoms with Crippen LogP contribution < -0.4 is 9.84 Å². The number of rotatable bonds is 7. The van der Waals surface area contributed by atoms with E-state index in [0.717, 1.165) is 33.2 Å². The van der Waals surface area contributed by atoms with Crippen LogP contribution in [0.2, 0.25) is 0 Å². The highest BCUT2D eigenvalue weighted by atomic mass is 19.1. The van der Waals surface area contributed by atoms with Gasteiger partial charge in [0.25, 0.3) is 0 Å². The van der Waals surface area contributed by atoms with Crippen molar-refractivity contribution in [3.63, 3.8) is 0 Å². The molecule has 184 valence electrons. The van der Waals surface area contributed by atoms with Crippen molar-refractivity contribution in [2.24, 2.45) is 0 Å². The third kappa shape index (κ3) is 5.50. The Morgan fingerprint density at radius 3 is 2.53 bits per heavy atom. The van der Waals surface area contributed by atoms with Crippen molar-refractivity contribution >= 4 is 16.9 Å². The quantitative estimate of drug-likeness (QED) is 0.358. The first kappa shape index (κ1) is 23.8. The van der Waals surface area contributed by atoms with Crippen molar-refractivity contribution < 1.29 is 23.8 Å². The van der Waals surface area contributed by atoms with Gasteiger partial charge in [-0.2, -0.15) is 0 Å². The van der Waals surface area contributed by atoms with Crippen LogP contribution in [-0.2, 0) is 18.0 Å². The average molecular weight is 485 g/mol. The standard InChI is InChI=1S/C30H28FNO4/c31-25-11-6-10-24(17-25)27-13-14-32(30(33)34)18-29(27)36-20-22-15-23-9-4-5-12-26(23)28(16-22)35-19-21-7-2-1-3-8-21/h1-12,15-17,27,29H,13-14,18-20H2,(H,33,34)/p-1. The number of carboxylic acid groups (broad SMARTS) is 1. The Kier molecular flexibility index (Phi) is 7.14. The van der Waals surface area contributed by atoms with Gasteiger partial charge in [-0.1, -0.05) is 66.7 Å². The topological polar surface area (TPSA) is 61.8 Å². The number of amides is 1. The average Bonchev–Trinajstić information content (AvgIpc) is 2.91. The van der Waals surface area contributed by atoms with E-state index in [2.05, 4.69) is 6.07 Å². The Morgan fingerprint density at radius 1 is 0.917 bits per heavy atom. The van der Waals surface area contributed by atoms with Crippen LogP contribution in [0, 0.1) is 5.82 Å². The van der Waals surface area contributed by atoms with Gasteiger partial charge in [0.2, 0.25) is 0 Å². The molecular weight excluding hydrogens is 457 g/mol. The highest BCUT2D eigenvalue weighted by Gasteiger charge is 2.31. The highest BCUT2D eigenvalue weighted by Crippen LogP contribution is 2.33. The molecule has 1 fully saturated rings. The molecule has 0 aliphatic carbocycles. The molecule has 0 saturated carbocycles.